The summed E-state index contributed by atoms with van der Waals surface area (Å²) in [7, 11) is 0. The smallest absolute Gasteiger partial charge is 0.159 e. The van der Waals surface area contributed by atoms with Crippen LogP contribution in [0.3, 0.4) is 0 Å². The van der Waals surface area contributed by atoms with Crippen LogP contribution in [0.25, 0.3) is 0 Å². The highest BCUT2D eigenvalue weighted by Gasteiger charge is 2.24. The molecule has 2 nitrogen and oxygen atoms in total. The van der Waals surface area contributed by atoms with Crippen LogP contribution in [0.15, 0.2) is 66.9 Å². The molecule has 0 amide bonds. The minimum Gasteiger partial charge on any atom is -0.366 e. The molecule has 106 valence electrons. The Bertz CT molecular complexity index is 649. The Morgan fingerprint density at radius 2 is 1.76 bits per heavy atom. The van der Waals surface area contributed by atoms with Crippen LogP contribution >= 0.6 is 11.6 Å². The lowest BCUT2D eigenvalue weighted by Crippen LogP contribution is -2.28. The molecule has 21 heavy (non-hydrogen) atoms. The molecule has 0 radical (unpaired) electrons. The van der Waals surface area contributed by atoms with Gasteiger partial charge in [-0.15, -0.1) is 0 Å². The summed E-state index contributed by atoms with van der Waals surface area (Å²) in [5.74, 6) is 0.166. The summed E-state index contributed by atoms with van der Waals surface area (Å²) in [5.41, 5.74) is 2.35. The molecule has 0 aromatic heterocycles. The van der Waals surface area contributed by atoms with Crippen molar-refractivity contribution in [1.82, 2.24) is 4.90 Å². The number of carbonyl (C=O) groups is 1. The molecule has 2 aromatic rings. The second-order valence-electron chi connectivity index (χ2n) is 5.21. The van der Waals surface area contributed by atoms with Gasteiger partial charge < -0.3 is 4.90 Å². The second kappa shape index (κ2) is 6.15. The molecular weight excluding hydrogens is 282 g/mol. The zero-order chi connectivity index (χ0) is 14.7. The van der Waals surface area contributed by atoms with E-state index in [9.17, 15) is 4.79 Å². The van der Waals surface area contributed by atoms with Gasteiger partial charge in [-0.25, -0.2) is 0 Å². The molecule has 1 atom stereocenters. The molecule has 0 aliphatic carbocycles. The first-order chi connectivity index (χ1) is 10.2. The van der Waals surface area contributed by atoms with Gasteiger partial charge in [-0.1, -0.05) is 54.1 Å². The highest BCUT2D eigenvalue weighted by Crippen LogP contribution is 2.30. The Labute approximate surface area is 129 Å². The molecule has 0 fully saturated rings. The van der Waals surface area contributed by atoms with Gasteiger partial charge in [0, 0.05) is 24.2 Å². The van der Waals surface area contributed by atoms with Gasteiger partial charge >= 0.3 is 0 Å². The van der Waals surface area contributed by atoms with E-state index in [2.05, 4.69) is 17.0 Å². The van der Waals surface area contributed by atoms with Gasteiger partial charge in [0.1, 0.15) is 0 Å². The van der Waals surface area contributed by atoms with E-state index >= 15 is 0 Å². The Morgan fingerprint density at radius 1 is 1.05 bits per heavy atom. The number of hydrogen-bond acceptors (Lipinski definition) is 2. The summed E-state index contributed by atoms with van der Waals surface area (Å²) < 4.78 is 0. The summed E-state index contributed by atoms with van der Waals surface area (Å²) in [5, 5.41) is 0.714. The van der Waals surface area contributed by atoms with E-state index in [-0.39, 0.29) is 11.8 Å². The van der Waals surface area contributed by atoms with Crippen molar-refractivity contribution in [3.05, 3.63) is 83.0 Å². The second-order valence-corrected chi connectivity index (χ2v) is 5.65. The van der Waals surface area contributed by atoms with E-state index in [1.807, 2.05) is 48.7 Å². The molecule has 3 rings (SSSR count). The van der Waals surface area contributed by atoms with Crippen molar-refractivity contribution >= 4 is 17.4 Å². The number of carbonyl (C=O) groups excluding carboxylic acids is 1. The molecule has 0 spiro atoms. The van der Waals surface area contributed by atoms with Crippen molar-refractivity contribution in [2.75, 3.05) is 0 Å². The van der Waals surface area contributed by atoms with Crippen molar-refractivity contribution in [3.8, 4) is 0 Å². The van der Waals surface area contributed by atoms with Crippen LogP contribution < -0.4 is 0 Å². The topological polar surface area (TPSA) is 20.3 Å². The Morgan fingerprint density at radius 3 is 2.48 bits per heavy atom. The lowest BCUT2D eigenvalue weighted by atomic mass is 9.97. The molecule has 0 saturated heterocycles. The first-order valence-electron chi connectivity index (χ1n) is 6.98. The molecular formula is C18H16ClNO. The third-order valence-corrected chi connectivity index (χ3v) is 3.96. The maximum absolute atomic E-state index is 11.8. The molecule has 2 aromatic carbocycles. The lowest BCUT2D eigenvalue weighted by Gasteiger charge is -2.33. The van der Waals surface area contributed by atoms with Crippen LogP contribution in [0.1, 0.15) is 23.6 Å². The highest BCUT2D eigenvalue weighted by atomic mass is 35.5. The summed E-state index contributed by atoms with van der Waals surface area (Å²) in [6.07, 6.45) is 4.07. The normalized spacial score (nSPS) is 18.0. The maximum Gasteiger partial charge on any atom is 0.159 e. The average Bonchev–Trinajstić information content (AvgIpc) is 2.51. The number of rotatable bonds is 3. The molecule has 1 aliphatic heterocycles. The van der Waals surface area contributed by atoms with Gasteiger partial charge in [0.05, 0.1) is 6.04 Å². The predicted octanol–water partition coefficient (Wildman–Crippen LogP) is 4.37. The number of benzene rings is 2. The minimum atomic E-state index is 0.0694. The molecule has 0 bridgehead atoms. The highest BCUT2D eigenvalue weighted by molar-refractivity contribution is 6.30. The van der Waals surface area contributed by atoms with E-state index in [4.69, 9.17) is 11.6 Å². The van der Waals surface area contributed by atoms with Crippen molar-refractivity contribution in [3.63, 3.8) is 0 Å². The van der Waals surface area contributed by atoms with Crippen molar-refractivity contribution < 1.29 is 4.79 Å². The van der Waals surface area contributed by atoms with Crippen LogP contribution in [-0.4, -0.2) is 10.7 Å². The first kappa shape index (κ1) is 13.9. The van der Waals surface area contributed by atoms with Crippen LogP contribution in [-0.2, 0) is 11.3 Å². The van der Waals surface area contributed by atoms with Gasteiger partial charge in [-0.2, -0.15) is 0 Å². The summed E-state index contributed by atoms with van der Waals surface area (Å²) >= 11 is 5.95. The molecule has 0 saturated carbocycles. The average molecular weight is 298 g/mol. The standard InChI is InChI=1S/C18H16ClNO/c19-16-8-6-15(7-9-16)18-12-17(21)10-11-20(18)13-14-4-2-1-3-5-14/h1-11,18H,12-13H2. The number of ketones is 1. The molecule has 0 N–H and O–H groups in total. The Kier molecular flexibility index (Phi) is 4.07. The third kappa shape index (κ3) is 3.34. The van der Waals surface area contributed by atoms with E-state index in [1.165, 1.54) is 5.56 Å². The van der Waals surface area contributed by atoms with Gasteiger partial charge in [-0.3, -0.25) is 4.79 Å². The molecule has 1 heterocycles. The number of halogens is 1. The van der Waals surface area contributed by atoms with Gasteiger partial charge in [-0.05, 0) is 29.3 Å². The van der Waals surface area contributed by atoms with Crippen LogP contribution in [0.4, 0.5) is 0 Å². The molecule has 3 heteroatoms. The predicted molar refractivity (Wildman–Crippen MR) is 84.9 cm³/mol. The lowest BCUT2D eigenvalue weighted by molar-refractivity contribution is -0.116. The quantitative estimate of drug-likeness (QED) is 0.838. The van der Waals surface area contributed by atoms with Crippen molar-refractivity contribution in [1.29, 1.82) is 0 Å². The van der Waals surface area contributed by atoms with E-state index < -0.39 is 0 Å². The fraction of sp³-hybridized carbons (Fsp3) is 0.167. The zero-order valence-electron chi connectivity index (χ0n) is 11.6. The van der Waals surface area contributed by atoms with E-state index in [0.717, 1.165) is 12.1 Å². The summed E-state index contributed by atoms with van der Waals surface area (Å²) in [4.78, 5) is 14.0. The maximum atomic E-state index is 11.8. The van der Waals surface area contributed by atoms with E-state index in [0.29, 0.717) is 11.4 Å². The van der Waals surface area contributed by atoms with Crippen molar-refractivity contribution in [2.45, 2.75) is 19.0 Å². The van der Waals surface area contributed by atoms with Gasteiger partial charge in [0.25, 0.3) is 0 Å². The van der Waals surface area contributed by atoms with Crippen molar-refractivity contribution in [2.24, 2.45) is 0 Å². The summed E-state index contributed by atoms with van der Waals surface area (Å²) in [6, 6.07) is 18.1. The number of allylic oxidation sites excluding steroid dienone is 1. The van der Waals surface area contributed by atoms with Gasteiger partial charge in [0.15, 0.2) is 5.78 Å². The zero-order valence-corrected chi connectivity index (χ0v) is 12.3. The number of hydrogen-bond donors (Lipinski definition) is 0. The fourth-order valence-electron chi connectivity index (χ4n) is 2.61. The first-order valence-corrected chi connectivity index (χ1v) is 7.36. The van der Waals surface area contributed by atoms with Crippen LogP contribution in [0.5, 0.6) is 0 Å². The Hall–Kier alpha value is -2.06. The Balaban J connectivity index is 1.87. The van der Waals surface area contributed by atoms with Crippen LogP contribution in [0, 0.1) is 0 Å². The molecule has 1 unspecified atom stereocenters. The molecule has 1 aliphatic rings. The largest absolute Gasteiger partial charge is 0.366 e. The van der Waals surface area contributed by atoms with E-state index in [1.54, 1.807) is 6.08 Å². The monoisotopic (exact) mass is 297 g/mol. The SMILES string of the molecule is O=C1C=CN(Cc2ccccc2)C(c2ccc(Cl)cc2)C1. The van der Waals surface area contributed by atoms with Crippen LogP contribution in [0.2, 0.25) is 5.02 Å². The minimum absolute atomic E-state index is 0.0694. The van der Waals surface area contributed by atoms with Gasteiger partial charge in [0.2, 0.25) is 0 Å². The number of nitrogens with zero attached hydrogens (tertiary/aromatic N) is 1. The fourth-order valence-corrected chi connectivity index (χ4v) is 2.74. The third-order valence-electron chi connectivity index (χ3n) is 3.71. The summed E-state index contributed by atoms with van der Waals surface area (Å²) in [6.45, 7) is 0.790.